The molecular formula is C14H29N3. The number of fused-ring (bicyclic) bond motifs is 2. The van der Waals surface area contributed by atoms with Crippen LogP contribution in [0.3, 0.4) is 0 Å². The van der Waals surface area contributed by atoms with Crippen LogP contribution in [0.4, 0.5) is 0 Å². The summed E-state index contributed by atoms with van der Waals surface area (Å²) in [5.74, 6) is 0. The van der Waals surface area contributed by atoms with E-state index in [1.165, 1.54) is 38.6 Å². The van der Waals surface area contributed by atoms with Crippen LogP contribution < -0.4 is 5.73 Å². The molecule has 2 aliphatic rings. The maximum Gasteiger partial charge on any atom is 0.0274 e. The van der Waals surface area contributed by atoms with Gasteiger partial charge in [0.2, 0.25) is 0 Å². The van der Waals surface area contributed by atoms with Gasteiger partial charge in [-0.1, -0.05) is 6.42 Å². The topological polar surface area (TPSA) is 32.5 Å². The Morgan fingerprint density at radius 1 is 1.18 bits per heavy atom. The van der Waals surface area contributed by atoms with E-state index in [0.29, 0.717) is 6.04 Å². The van der Waals surface area contributed by atoms with Gasteiger partial charge < -0.3 is 10.6 Å². The first-order chi connectivity index (χ1) is 7.90. The Bertz CT molecular complexity index is 248. The molecule has 0 aliphatic carbocycles. The van der Waals surface area contributed by atoms with E-state index in [4.69, 9.17) is 5.73 Å². The summed E-state index contributed by atoms with van der Waals surface area (Å²) in [7, 11) is 4.37. The molecule has 0 saturated carbocycles. The first-order valence-corrected chi connectivity index (χ1v) is 7.09. The summed E-state index contributed by atoms with van der Waals surface area (Å²) in [6.07, 6.45) is 6.53. The molecule has 0 radical (unpaired) electrons. The number of rotatable bonds is 3. The third-order valence-electron chi connectivity index (χ3n) is 4.94. The zero-order chi connectivity index (χ0) is 12.6. The van der Waals surface area contributed by atoms with E-state index in [2.05, 4.69) is 37.7 Å². The van der Waals surface area contributed by atoms with Crippen LogP contribution in [-0.2, 0) is 0 Å². The lowest BCUT2D eigenvalue weighted by Crippen LogP contribution is -2.60. The molecule has 0 amide bonds. The first kappa shape index (κ1) is 13.3. The molecule has 2 heterocycles. The molecule has 3 heteroatoms. The van der Waals surface area contributed by atoms with Gasteiger partial charge in [0.15, 0.2) is 0 Å². The number of nitrogens with two attached hydrogens (primary N) is 1. The molecule has 0 aromatic carbocycles. The van der Waals surface area contributed by atoms with E-state index in [1.54, 1.807) is 0 Å². The molecule has 100 valence electrons. The second-order valence-electron chi connectivity index (χ2n) is 6.85. The third kappa shape index (κ3) is 2.83. The van der Waals surface area contributed by atoms with Crippen molar-refractivity contribution in [1.29, 1.82) is 0 Å². The lowest BCUT2D eigenvalue weighted by atomic mass is 9.81. The third-order valence-corrected chi connectivity index (χ3v) is 4.94. The Morgan fingerprint density at radius 3 is 2.18 bits per heavy atom. The van der Waals surface area contributed by atoms with Crippen LogP contribution in [0.2, 0.25) is 0 Å². The molecule has 3 nitrogen and oxygen atoms in total. The number of likely N-dealkylation sites (N-methyl/N-ethyl adjacent to an activating group) is 1. The molecule has 2 saturated heterocycles. The molecule has 2 N–H and O–H groups in total. The predicted molar refractivity (Wildman–Crippen MR) is 73.1 cm³/mol. The standard InChI is InChI=1S/C14H29N3/c1-14(2,16(3)4)10-17-12-6-5-7-13(17)9-11(15)8-12/h11-13H,5-10,15H2,1-4H3. The highest BCUT2D eigenvalue weighted by molar-refractivity contribution is 4.97. The van der Waals surface area contributed by atoms with Crippen molar-refractivity contribution in [2.75, 3.05) is 20.6 Å². The minimum atomic E-state index is 0.259. The van der Waals surface area contributed by atoms with Gasteiger partial charge in [0, 0.05) is 30.2 Å². The van der Waals surface area contributed by atoms with Crippen LogP contribution in [0.25, 0.3) is 0 Å². The Kier molecular flexibility index (Phi) is 3.81. The molecule has 2 fully saturated rings. The fourth-order valence-electron chi connectivity index (χ4n) is 3.37. The van der Waals surface area contributed by atoms with Crippen LogP contribution in [0.5, 0.6) is 0 Å². The minimum Gasteiger partial charge on any atom is -0.328 e. The molecule has 0 aromatic heterocycles. The van der Waals surface area contributed by atoms with Gasteiger partial charge in [0.25, 0.3) is 0 Å². The largest absolute Gasteiger partial charge is 0.328 e. The lowest BCUT2D eigenvalue weighted by molar-refractivity contribution is -0.00628. The summed E-state index contributed by atoms with van der Waals surface area (Å²) in [6, 6.07) is 1.94. The maximum absolute atomic E-state index is 6.17. The van der Waals surface area contributed by atoms with E-state index in [0.717, 1.165) is 12.1 Å². The van der Waals surface area contributed by atoms with Crippen molar-refractivity contribution in [3.05, 3.63) is 0 Å². The van der Waals surface area contributed by atoms with Gasteiger partial charge in [-0.05, 0) is 53.6 Å². The number of nitrogens with zero attached hydrogens (tertiary/aromatic N) is 2. The normalized spacial score (nSPS) is 35.3. The summed E-state index contributed by atoms with van der Waals surface area (Å²) in [5.41, 5.74) is 6.43. The number of hydrogen-bond acceptors (Lipinski definition) is 3. The fourth-order valence-corrected chi connectivity index (χ4v) is 3.37. The Hall–Kier alpha value is -0.120. The summed E-state index contributed by atoms with van der Waals surface area (Å²) in [4.78, 5) is 5.10. The van der Waals surface area contributed by atoms with E-state index in [1.807, 2.05) is 0 Å². The van der Waals surface area contributed by atoms with Gasteiger partial charge in [-0.25, -0.2) is 0 Å². The Balaban J connectivity index is 2.05. The van der Waals surface area contributed by atoms with Gasteiger partial charge in [-0.15, -0.1) is 0 Å². The summed E-state index contributed by atoms with van der Waals surface area (Å²) < 4.78 is 0. The average molecular weight is 239 g/mol. The smallest absolute Gasteiger partial charge is 0.0274 e. The zero-order valence-corrected chi connectivity index (χ0v) is 11.9. The fraction of sp³-hybridized carbons (Fsp3) is 1.00. The van der Waals surface area contributed by atoms with Crippen LogP contribution in [0.1, 0.15) is 46.0 Å². The van der Waals surface area contributed by atoms with Crippen molar-refractivity contribution in [3.8, 4) is 0 Å². The lowest BCUT2D eigenvalue weighted by Gasteiger charge is -2.51. The van der Waals surface area contributed by atoms with Gasteiger partial charge in [0.1, 0.15) is 0 Å². The Morgan fingerprint density at radius 2 is 1.71 bits per heavy atom. The van der Waals surface area contributed by atoms with Crippen molar-refractivity contribution in [1.82, 2.24) is 9.80 Å². The van der Waals surface area contributed by atoms with E-state index in [-0.39, 0.29) is 5.54 Å². The van der Waals surface area contributed by atoms with Crippen molar-refractivity contribution in [3.63, 3.8) is 0 Å². The summed E-state index contributed by atoms with van der Waals surface area (Å²) in [6.45, 7) is 5.87. The molecule has 2 aliphatic heterocycles. The number of hydrogen-bond donors (Lipinski definition) is 1. The highest BCUT2D eigenvalue weighted by Crippen LogP contribution is 2.34. The van der Waals surface area contributed by atoms with Crippen molar-refractivity contribution < 1.29 is 0 Å². The monoisotopic (exact) mass is 239 g/mol. The molecule has 0 spiro atoms. The van der Waals surface area contributed by atoms with Gasteiger partial charge in [0.05, 0.1) is 0 Å². The molecule has 2 atom stereocenters. The van der Waals surface area contributed by atoms with Crippen molar-refractivity contribution >= 4 is 0 Å². The van der Waals surface area contributed by atoms with Crippen LogP contribution >= 0.6 is 0 Å². The van der Waals surface area contributed by atoms with Gasteiger partial charge in [-0.2, -0.15) is 0 Å². The van der Waals surface area contributed by atoms with Crippen molar-refractivity contribution in [2.45, 2.75) is 69.6 Å². The quantitative estimate of drug-likeness (QED) is 0.813. The second kappa shape index (κ2) is 4.87. The van der Waals surface area contributed by atoms with E-state index < -0.39 is 0 Å². The second-order valence-corrected chi connectivity index (χ2v) is 6.85. The summed E-state index contributed by atoms with van der Waals surface area (Å²) in [5, 5.41) is 0. The SMILES string of the molecule is CN(C)C(C)(C)CN1C2CCCC1CC(N)C2. The predicted octanol–water partition coefficient (Wildman–Crippen LogP) is 1.67. The molecule has 2 unspecified atom stereocenters. The average Bonchev–Trinajstić information content (AvgIpc) is 2.18. The van der Waals surface area contributed by atoms with Crippen LogP contribution in [0.15, 0.2) is 0 Å². The first-order valence-electron chi connectivity index (χ1n) is 7.09. The van der Waals surface area contributed by atoms with Gasteiger partial charge in [-0.3, -0.25) is 4.90 Å². The molecular weight excluding hydrogens is 210 g/mol. The summed E-state index contributed by atoms with van der Waals surface area (Å²) >= 11 is 0. The Labute approximate surface area is 106 Å². The van der Waals surface area contributed by atoms with Crippen molar-refractivity contribution in [2.24, 2.45) is 5.73 Å². The molecule has 2 bridgehead atoms. The van der Waals surface area contributed by atoms with Crippen LogP contribution in [0, 0.1) is 0 Å². The number of piperidine rings is 2. The van der Waals surface area contributed by atoms with Gasteiger partial charge >= 0.3 is 0 Å². The minimum absolute atomic E-state index is 0.259. The maximum atomic E-state index is 6.17. The highest BCUT2D eigenvalue weighted by atomic mass is 15.3. The molecule has 2 rings (SSSR count). The van der Waals surface area contributed by atoms with E-state index in [9.17, 15) is 0 Å². The molecule has 0 aromatic rings. The van der Waals surface area contributed by atoms with Crippen LogP contribution in [-0.4, -0.2) is 54.1 Å². The highest BCUT2D eigenvalue weighted by Gasteiger charge is 2.39. The molecule has 17 heavy (non-hydrogen) atoms. The van der Waals surface area contributed by atoms with E-state index >= 15 is 0 Å². The zero-order valence-electron chi connectivity index (χ0n) is 11.9.